The average Bonchev–Trinajstić information content (AvgIpc) is 2.27. The van der Waals surface area contributed by atoms with Crippen molar-refractivity contribution in [1.82, 2.24) is 4.72 Å². The number of benzene rings is 1. The second-order valence-corrected chi connectivity index (χ2v) is 5.68. The lowest BCUT2D eigenvalue weighted by Crippen LogP contribution is -2.27. The predicted molar refractivity (Wildman–Crippen MR) is 64.4 cm³/mol. The molecule has 0 radical (unpaired) electrons. The van der Waals surface area contributed by atoms with Gasteiger partial charge in [0.15, 0.2) is 0 Å². The van der Waals surface area contributed by atoms with Crippen LogP contribution in [0.15, 0.2) is 29.2 Å². The summed E-state index contributed by atoms with van der Waals surface area (Å²) in [4.78, 5) is 0.243. The number of terminal acetylenes is 1. The molecular formula is C12H15NO2S. The molecule has 0 aliphatic rings. The minimum atomic E-state index is -3.40. The van der Waals surface area contributed by atoms with Crippen LogP contribution in [-0.2, 0) is 10.0 Å². The average molecular weight is 237 g/mol. The molecule has 4 heteroatoms. The van der Waals surface area contributed by atoms with Crippen LogP contribution in [0.1, 0.15) is 19.4 Å². The van der Waals surface area contributed by atoms with Crippen LogP contribution in [0.3, 0.4) is 0 Å². The molecule has 0 saturated heterocycles. The zero-order valence-electron chi connectivity index (χ0n) is 9.40. The van der Waals surface area contributed by atoms with Crippen molar-refractivity contribution in [3.8, 4) is 12.3 Å². The van der Waals surface area contributed by atoms with E-state index in [9.17, 15) is 8.42 Å². The highest BCUT2D eigenvalue weighted by molar-refractivity contribution is 7.89. The van der Waals surface area contributed by atoms with Gasteiger partial charge in [0.2, 0.25) is 10.0 Å². The van der Waals surface area contributed by atoms with E-state index in [2.05, 4.69) is 10.6 Å². The lowest BCUT2D eigenvalue weighted by atomic mass is 10.2. The third-order valence-electron chi connectivity index (χ3n) is 2.01. The van der Waals surface area contributed by atoms with E-state index in [1.165, 1.54) is 12.1 Å². The van der Waals surface area contributed by atoms with Gasteiger partial charge in [0.25, 0.3) is 0 Å². The number of sulfonamides is 1. The van der Waals surface area contributed by atoms with E-state index in [1.807, 2.05) is 13.8 Å². The minimum Gasteiger partial charge on any atom is -0.211 e. The Hall–Kier alpha value is -1.31. The Bertz CT molecular complexity index is 481. The standard InChI is InChI=1S/C12H15NO2S/c1-4-11-5-7-12(8-6-11)16(14,15)13-9-10(2)3/h1,5-8,10,13H,9H2,2-3H3. The van der Waals surface area contributed by atoms with E-state index >= 15 is 0 Å². The molecule has 0 saturated carbocycles. The number of hydrogen-bond acceptors (Lipinski definition) is 2. The first-order valence-corrected chi connectivity index (χ1v) is 6.50. The van der Waals surface area contributed by atoms with Gasteiger partial charge in [0, 0.05) is 12.1 Å². The minimum absolute atomic E-state index is 0.243. The fourth-order valence-electron chi connectivity index (χ4n) is 1.09. The molecule has 0 aromatic heterocycles. The molecule has 0 unspecified atom stereocenters. The van der Waals surface area contributed by atoms with Crippen LogP contribution in [0.25, 0.3) is 0 Å². The monoisotopic (exact) mass is 237 g/mol. The maximum atomic E-state index is 11.8. The quantitative estimate of drug-likeness (QED) is 0.809. The summed E-state index contributed by atoms with van der Waals surface area (Å²) in [5.41, 5.74) is 0.669. The van der Waals surface area contributed by atoms with E-state index < -0.39 is 10.0 Å². The molecule has 1 aromatic carbocycles. The highest BCUT2D eigenvalue weighted by Gasteiger charge is 2.13. The van der Waals surface area contributed by atoms with Gasteiger partial charge >= 0.3 is 0 Å². The van der Waals surface area contributed by atoms with Gasteiger partial charge in [-0.3, -0.25) is 0 Å². The molecule has 0 aliphatic carbocycles. The van der Waals surface area contributed by atoms with Crippen molar-refractivity contribution in [3.05, 3.63) is 29.8 Å². The first-order valence-electron chi connectivity index (χ1n) is 5.02. The van der Waals surface area contributed by atoms with Crippen molar-refractivity contribution in [3.63, 3.8) is 0 Å². The topological polar surface area (TPSA) is 46.2 Å². The van der Waals surface area contributed by atoms with Gasteiger partial charge in [-0.15, -0.1) is 6.42 Å². The normalized spacial score (nSPS) is 11.4. The fourth-order valence-corrected chi connectivity index (χ4v) is 2.30. The van der Waals surface area contributed by atoms with Crippen molar-refractivity contribution < 1.29 is 8.42 Å². The summed E-state index contributed by atoms with van der Waals surface area (Å²) in [6, 6.07) is 6.25. The van der Waals surface area contributed by atoms with E-state index in [1.54, 1.807) is 12.1 Å². The van der Waals surface area contributed by atoms with Crippen molar-refractivity contribution in [2.45, 2.75) is 18.7 Å². The summed E-state index contributed by atoms with van der Waals surface area (Å²) in [5.74, 6) is 2.72. The molecule has 0 amide bonds. The lowest BCUT2D eigenvalue weighted by Gasteiger charge is -2.08. The van der Waals surface area contributed by atoms with Crippen molar-refractivity contribution in [1.29, 1.82) is 0 Å². The van der Waals surface area contributed by atoms with E-state index in [0.717, 1.165) is 0 Å². The third-order valence-corrected chi connectivity index (χ3v) is 3.45. The lowest BCUT2D eigenvalue weighted by molar-refractivity contribution is 0.560. The first kappa shape index (κ1) is 12.8. The number of nitrogens with one attached hydrogen (secondary N) is 1. The molecule has 0 heterocycles. The predicted octanol–water partition coefficient (Wildman–Crippen LogP) is 1.60. The van der Waals surface area contributed by atoms with Crippen molar-refractivity contribution >= 4 is 10.0 Å². The van der Waals surface area contributed by atoms with Crippen LogP contribution in [-0.4, -0.2) is 15.0 Å². The molecule has 1 aromatic rings. The zero-order chi connectivity index (χ0) is 12.2. The molecule has 86 valence electrons. The van der Waals surface area contributed by atoms with E-state index in [-0.39, 0.29) is 10.8 Å². The summed E-state index contributed by atoms with van der Waals surface area (Å²) in [6.45, 7) is 4.33. The maximum absolute atomic E-state index is 11.8. The third kappa shape index (κ3) is 3.37. The van der Waals surface area contributed by atoms with E-state index in [0.29, 0.717) is 12.1 Å². The maximum Gasteiger partial charge on any atom is 0.240 e. The summed E-state index contributed by atoms with van der Waals surface area (Å²) in [6.07, 6.45) is 5.19. The fraction of sp³-hybridized carbons (Fsp3) is 0.333. The van der Waals surface area contributed by atoms with Crippen molar-refractivity contribution in [2.24, 2.45) is 5.92 Å². The van der Waals surface area contributed by atoms with Gasteiger partial charge in [-0.05, 0) is 30.2 Å². The molecule has 0 bridgehead atoms. The highest BCUT2D eigenvalue weighted by Crippen LogP contribution is 2.10. The second-order valence-electron chi connectivity index (χ2n) is 3.91. The van der Waals surface area contributed by atoms with Crippen LogP contribution < -0.4 is 4.72 Å². The summed E-state index contributed by atoms with van der Waals surface area (Å²) >= 11 is 0. The van der Waals surface area contributed by atoms with Gasteiger partial charge in [-0.2, -0.15) is 0 Å². The Morgan fingerprint density at radius 1 is 1.31 bits per heavy atom. The SMILES string of the molecule is C#Cc1ccc(S(=O)(=O)NCC(C)C)cc1. The molecule has 0 aliphatic heterocycles. The van der Waals surface area contributed by atoms with Crippen LogP contribution in [0.2, 0.25) is 0 Å². The smallest absolute Gasteiger partial charge is 0.211 e. The molecular weight excluding hydrogens is 222 g/mol. The van der Waals surface area contributed by atoms with Gasteiger partial charge in [0.05, 0.1) is 4.90 Å². The Morgan fingerprint density at radius 3 is 2.31 bits per heavy atom. The van der Waals surface area contributed by atoms with Gasteiger partial charge in [-0.25, -0.2) is 13.1 Å². The summed E-state index contributed by atoms with van der Waals surface area (Å²) < 4.78 is 26.1. The Kier molecular flexibility index (Phi) is 4.11. The molecule has 16 heavy (non-hydrogen) atoms. The summed E-state index contributed by atoms with van der Waals surface area (Å²) in [7, 11) is -3.40. The van der Waals surface area contributed by atoms with Crippen molar-refractivity contribution in [2.75, 3.05) is 6.54 Å². The summed E-state index contributed by atoms with van der Waals surface area (Å²) in [5, 5.41) is 0. The molecule has 3 nitrogen and oxygen atoms in total. The van der Waals surface area contributed by atoms with Gasteiger partial charge < -0.3 is 0 Å². The molecule has 0 spiro atoms. The number of rotatable bonds is 4. The van der Waals surface area contributed by atoms with Gasteiger partial charge in [0.1, 0.15) is 0 Å². The molecule has 0 fully saturated rings. The molecule has 1 rings (SSSR count). The van der Waals surface area contributed by atoms with Crippen LogP contribution in [0, 0.1) is 18.3 Å². The Balaban J connectivity index is 2.87. The Morgan fingerprint density at radius 2 is 1.88 bits per heavy atom. The highest BCUT2D eigenvalue weighted by atomic mass is 32.2. The van der Waals surface area contributed by atoms with Crippen LogP contribution in [0.4, 0.5) is 0 Å². The second kappa shape index (κ2) is 5.15. The Labute approximate surface area is 96.9 Å². The van der Waals surface area contributed by atoms with E-state index in [4.69, 9.17) is 6.42 Å². The molecule has 1 N–H and O–H groups in total. The zero-order valence-corrected chi connectivity index (χ0v) is 10.2. The molecule has 0 atom stereocenters. The van der Waals surface area contributed by atoms with Gasteiger partial charge in [-0.1, -0.05) is 19.8 Å². The number of hydrogen-bond donors (Lipinski definition) is 1. The largest absolute Gasteiger partial charge is 0.240 e. The van der Waals surface area contributed by atoms with Crippen LogP contribution in [0.5, 0.6) is 0 Å². The first-order chi connectivity index (χ1) is 7.45. The van der Waals surface area contributed by atoms with Crippen LogP contribution >= 0.6 is 0 Å².